The number of carbonyl (C=O) groups is 1. The molecule has 1 N–H and O–H groups in total. The topological polar surface area (TPSA) is 42.0 Å². The van der Waals surface area contributed by atoms with Crippen molar-refractivity contribution < 1.29 is 9.18 Å². The molecule has 1 amide bonds. The molecule has 0 radical (unpaired) electrons. The number of aromatic nitrogens is 1. The molecule has 1 aromatic heterocycles. The molecule has 0 bridgehead atoms. The summed E-state index contributed by atoms with van der Waals surface area (Å²) in [7, 11) is 0. The fourth-order valence-electron chi connectivity index (χ4n) is 1.82. The van der Waals surface area contributed by atoms with Gasteiger partial charge >= 0.3 is 0 Å². The van der Waals surface area contributed by atoms with E-state index < -0.39 is 0 Å². The first-order valence-corrected chi connectivity index (χ1v) is 7.12. The Morgan fingerprint density at radius 2 is 1.90 bits per heavy atom. The van der Waals surface area contributed by atoms with Crippen LogP contribution in [-0.4, -0.2) is 10.9 Å². The second-order valence-electron chi connectivity index (χ2n) is 4.36. The molecule has 2 aromatic carbocycles. The van der Waals surface area contributed by atoms with Crippen LogP contribution in [0.25, 0.3) is 16.3 Å². The molecule has 5 heteroatoms. The fourth-order valence-corrected chi connectivity index (χ4v) is 2.69. The zero-order chi connectivity index (χ0) is 14.7. The van der Waals surface area contributed by atoms with Crippen molar-refractivity contribution in [3.8, 4) is 0 Å². The molecule has 1 heterocycles. The summed E-state index contributed by atoms with van der Waals surface area (Å²) >= 11 is 1.42. The molecule has 0 aliphatic carbocycles. The molecule has 0 unspecified atom stereocenters. The molecule has 0 saturated heterocycles. The highest BCUT2D eigenvalue weighted by Crippen LogP contribution is 2.25. The predicted octanol–water partition coefficient (Wildman–Crippen LogP) is 4.09. The highest BCUT2D eigenvalue weighted by Gasteiger charge is 2.04. The average Bonchev–Trinajstić information content (AvgIpc) is 2.88. The van der Waals surface area contributed by atoms with Crippen LogP contribution in [0.5, 0.6) is 0 Å². The zero-order valence-electron chi connectivity index (χ0n) is 10.9. The monoisotopic (exact) mass is 298 g/mol. The fraction of sp³-hybridized carbons (Fsp3) is 0. The summed E-state index contributed by atoms with van der Waals surface area (Å²) in [5, 5.41) is 3.28. The van der Waals surface area contributed by atoms with E-state index in [4.69, 9.17) is 0 Å². The second-order valence-corrected chi connectivity index (χ2v) is 5.39. The van der Waals surface area contributed by atoms with Crippen LogP contribution in [0, 0.1) is 5.82 Å². The Balaban J connectivity index is 1.69. The van der Waals surface area contributed by atoms with Gasteiger partial charge in [-0.1, -0.05) is 35.6 Å². The van der Waals surface area contributed by atoms with Crippen molar-refractivity contribution in [1.82, 2.24) is 4.98 Å². The number of hydrogen-bond donors (Lipinski definition) is 1. The Labute approximate surface area is 124 Å². The van der Waals surface area contributed by atoms with Crippen LogP contribution in [0.15, 0.2) is 54.6 Å². The van der Waals surface area contributed by atoms with E-state index in [0.29, 0.717) is 5.13 Å². The van der Waals surface area contributed by atoms with Gasteiger partial charge in [-0.3, -0.25) is 10.1 Å². The van der Waals surface area contributed by atoms with Gasteiger partial charge in [0.25, 0.3) is 0 Å². The summed E-state index contributed by atoms with van der Waals surface area (Å²) in [6.45, 7) is 0. The van der Waals surface area contributed by atoms with Crippen LogP contribution in [0.2, 0.25) is 0 Å². The molecule has 0 saturated carbocycles. The quantitative estimate of drug-likeness (QED) is 0.740. The van der Waals surface area contributed by atoms with Crippen LogP contribution in [0.4, 0.5) is 9.52 Å². The number of para-hydroxylation sites is 1. The minimum atomic E-state index is -0.300. The SMILES string of the molecule is O=C(/C=C\c1ccc(F)cc1)Nc1nc2ccccc2s1. The van der Waals surface area contributed by atoms with E-state index in [1.54, 1.807) is 18.2 Å². The van der Waals surface area contributed by atoms with Crippen molar-refractivity contribution in [1.29, 1.82) is 0 Å². The Bertz CT molecular complexity index is 776. The van der Waals surface area contributed by atoms with Gasteiger partial charge in [-0.25, -0.2) is 9.37 Å². The third-order valence-electron chi connectivity index (χ3n) is 2.82. The Morgan fingerprint density at radius 3 is 2.67 bits per heavy atom. The summed E-state index contributed by atoms with van der Waals surface area (Å²) in [5.74, 6) is -0.565. The second kappa shape index (κ2) is 5.85. The van der Waals surface area contributed by atoms with Crippen molar-refractivity contribution in [2.24, 2.45) is 0 Å². The van der Waals surface area contributed by atoms with Crippen molar-refractivity contribution in [2.75, 3.05) is 5.32 Å². The molecule has 104 valence electrons. The molecule has 0 atom stereocenters. The van der Waals surface area contributed by atoms with Crippen LogP contribution in [-0.2, 0) is 4.79 Å². The highest BCUT2D eigenvalue weighted by atomic mass is 32.1. The van der Waals surface area contributed by atoms with Gasteiger partial charge in [0.2, 0.25) is 5.91 Å². The number of nitrogens with one attached hydrogen (secondary N) is 1. The minimum absolute atomic E-state index is 0.265. The van der Waals surface area contributed by atoms with Gasteiger partial charge in [0.15, 0.2) is 5.13 Å². The maximum absolute atomic E-state index is 12.8. The summed E-state index contributed by atoms with van der Waals surface area (Å²) in [6.07, 6.45) is 3.03. The van der Waals surface area contributed by atoms with Gasteiger partial charge in [-0.2, -0.15) is 0 Å². The molecule has 3 aromatic rings. The number of fused-ring (bicyclic) bond motifs is 1. The van der Waals surface area contributed by atoms with Crippen LogP contribution in [0.3, 0.4) is 0 Å². The maximum atomic E-state index is 12.8. The smallest absolute Gasteiger partial charge is 0.250 e. The molecule has 3 rings (SSSR count). The van der Waals surface area contributed by atoms with E-state index in [0.717, 1.165) is 15.8 Å². The standard InChI is InChI=1S/C16H11FN2OS/c17-12-8-5-11(6-9-12)7-10-15(20)19-16-18-13-3-1-2-4-14(13)21-16/h1-10H,(H,18,19,20)/b10-7-. The number of benzene rings is 2. The van der Waals surface area contributed by atoms with E-state index in [9.17, 15) is 9.18 Å². The first-order chi connectivity index (χ1) is 10.2. The number of anilines is 1. The van der Waals surface area contributed by atoms with E-state index >= 15 is 0 Å². The highest BCUT2D eigenvalue weighted by molar-refractivity contribution is 7.22. The van der Waals surface area contributed by atoms with Gasteiger partial charge in [-0.15, -0.1) is 0 Å². The maximum Gasteiger partial charge on any atom is 0.250 e. The van der Waals surface area contributed by atoms with E-state index in [-0.39, 0.29) is 11.7 Å². The molecule has 0 fully saturated rings. The van der Waals surface area contributed by atoms with Crippen LogP contribution >= 0.6 is 11.3 Å². The van der Waals surface area contributed by atoms with Gasteiger partial charge in [0, 0.05) is 6.08 Å². The summed E-state index contributed by atoms with van der Waals surface area (Å²) in [6, 6.07) is 13.6. The third kappa shape index (κ3) is 3.32. The Morgan fingerprint density at radius 1 is 1.14 bits per heavy atom. The molecule has 3 nitrogen and oxygen atoms in total. The lowest BCUT2D eigenvalue weighted by atomic mass is 10.2. The van der Waals surface area contributed by atoms with E-state index in [1.807, 2.05) is 24.3 Å². The molecule has 0 aliphatic heterocycles. The predicted molar refractivity (Wildman–Crippen MR) is 83.7 cm³/mol. The lowest BCUT2D eigenvalue weighted by Gasteiger charge is -1.96. The number of thiazole rings is 1. The van der Waals surface area contributed by atoms with E-state index in [2.05, 4.69) is 10.3 Å². The lowest BCUT2D eigenvalue weighted by Crippen LogP contribution is -2.07. The van der Waals surface area contributed by atoms with Crippen molar-refractivity contribution in [2.45, 2.75) is 0 Å². The number of carbonyl (C=O) groups excluding carboxylic acids is 1. The molecular weight excluding hydrogens is 287 g/mol. The first-order valence-electron chi connectivity index (χ1n) is 6.31. The molecule has 0 aliphatic rings. The number of nitrogens with zero attached hydrogens (tertiary/aromatic N) is 1. The summed E-state index contributed by atoms with van der Waals surface area (Å²) in [5.41, 5.74) is 1.62. The Hall–Kier alpha value is -2.53. The average molecular weight is 298 g/mol. The number of hydrogen-bond acceptors (Lipinski definition) is 3. The third-order valence-corrected chi connectivity index (χ3v) is 3.77. The lowest BCUT2D eigenvalue weighted by molar-refractivity contribution is -0.111. The summed E-state index contributed by atoms with van der Waals surface area (Å²) < 4.78 is 13.8. The van der Waals surface area contributed by atoms with Crippen molar-refractivity contribution >= 4 is 38.7 Å². The largest absolute Gasteiger partial charge is 0.298 e. The van der Waals surface area contributed by atoms with Crippen molar-refractivity contribution in [3.63, 3.8) is 0 Å². The molecular formula is C16H11FN2OS. The van der Waals surface area contributed by atoms with Crippen LogP contribution in [0.1, 0.15) is 5.56 Å². The molecule has 0 spiro atoms. The molecule has 21 heavy (non-hydrogen) atoms. The van der Waals surface area contributed by atoms with E-state index in [1.165, 1.54) is 29.5 Å². The van der Waals surface area contributed by atoms with Gasteiger partial charge < -0.3 is 0 Å². The van der Waals surface area contributed by atoms with Gasteiger partial charge in [0.1, 0.15) is 5.82 Å². The first kappa shape index (κ1) is 13.5. The van der Waals surface area contributed by atoms with Crippen molar-refractivity contribution in [3.05, 3.63) is 66.0 Å². The minimum Gasteiger partial charge on any atom is -0.298 e. The number of amides is 1. The van der Waals surface area contributed by atoms with Gasteiger partial charge in [0.05, 0.1) is 10.2 Å². The number of rotatable bonds is 3. The number of halogens is 1. The Kier molecular flexibility index (Phi) is 3.75. The van der Waals surface area contributed by atoms with Crippen LogP contribution < -0.4 is 5.32 Å². The summed E-state index contributed by atoms with van der Waals surface area (Å²) in [4.78, 5) is 16.1. The van der Waals surface area contributed by atoms with Gasteiger partial charge in [-0.05, 0) is 35.9 Å². The zero-order valence-corrected chi connectivity index (χ0v) is 11.7. The normalized spacial score (nSPS) is 11.1.